The number of aromatic nitrogens is 1. The van der Waals surface area contributed by atoms with E-state index in [-0.39, 0.29) is 0 Å². The third-order valence-corrected chi connectivity index (χ3v) is 5.25. The zero-order chi connectivity index (χ0) is 18.6. The van der Waals surface area contributed by atoms with Crippen LogP contribution in [0.5, 0.6) is 0 Å². The zero-order valence-electron chi connectivity index (χ0n) is 15.5. The summed E-state index contributed by atoms with van der Waals surface area (Å²) >= 11 is 0. The van der Waals surface area contributed by atoms with Gasteiger partial charge in [-0.05, 0) is 23.6 Å². The van der Waals surface area contributed by atoms with Crippen molar-refractivity contribution in [3.8, 4) is 11.3 Å². The van der Waals surface area contributed by atoms with Gasteiger partial charge in [-0.25, -0.2) is 4.98 Å². The van der Waals surface area contributed by atoms with E-state index in [0.29, 0.717) is 0 Å². The highest BCUT2D eigenvalue weighted by atomic mass is 16.4. The molecule has 0 bridgehead atoms. The maximum atomic E-state index is 8.69. The first-order chi connectivity index (χ1) is 13.3. The molecule has 0 aliphatic carbocycles. The van der Waals surface area contributed by atoms with Gasteiger partial charge in [-0.1, -0.05) is 60.6 Å². The number of hydrogen-bond donors (Lipinski definition) is 1. The third kappa shape index (κ3) is 3.64. The molecule has 2 heterocycles. The second-order valence-electron chi connectivity index (χ2n) is 6.84. The van der Waals surface area contributed by atoms with Gasteiger partial charge >= 0.3 is 0 Å². The lowest BCUT2D eigenvalue weighted by Gasteiger charge is -2.35. The standard InChI is InChI=1S/C22H24N4O/c1-2-25-11-13-26(14-12-25)22-20-6-4-3-5-19(20)15-21(24-22)18-9-7-17(8-10-18)16-23-27/h3-10,15-16,27H,2,11-14H2,1H3/b23-16+. The molecule has 5 nitrogen and oxygen atoms in total. The summed E-state index contributed by atoms with van der Waals surface area (Å²) in [6, 6.07) is 18.5. The molecule has 5 heteroatoms. The lowest BCUT2D eigenvalue weighted by Crippen LogP contribution is -2.46. The molecule has 138 valence electrons. The highest BCUT2D eigenvalue weighted by Crippen LogP contribution is 2.30. The van der Waals surface area contributed by atoms with Crippen LogP contribution in [-0.2, 0) is 0 Å². The van der Waals surface area contributed by atoms with Crippen molar-refractivity contribution in [1.82, 2.24) is 9.88 Å². The number of oxime groups is 1. The van der Waals surface area contributed by atoms with Crippen LogP contribution in [0.3, 0.4) is 0 Å². The number of anilines is 1. The lowest BCUT2D eigenvalue weighted by atomic mass is 10.0. The highest BCUT2D eigenvalue weighted by Gasteiger charge is 2.19. The van der Waals surface area contributed by atoms with Crippen LogP contribution in [0.25, 0.3) is 22.0 Å². The molecule has 1 aromatic heterocycles. The number of benzene rings is 2. The van der Waals surface area contributed by atoms with Gasteiger partial charge < -0.3 is 15.0 Å². The Kier molecular flexibility index (Phi) is 5.03. The number of rotatable bonds is 4. The fourth-order valence-electron chi connectivity index (χ4n) is 3.65. The SMILES string of the molecule is CCN1CCN(c2nc(-c3ccc(/C=N/O)cc3)cc3ccccc23)CC1. The number of pyridine rings is 1. The van der Waals surface area contributed by atoms with Crippen molar-refractivity contribution in [2.45, 2.75) is 6.92 Å². The molecule has 0 unspecified atom stereocenters. The first kappa shape index (κ1) is 17.5. The van der Waals surface area contributed by atoms with Gasteiger partial charge in [-0.15, -0.1) is 0 Å². The number of nitrogens with zero attached hydrogens (tertiary/aromatic N) is 4. The fourth-order valence-corrected chi connectivity index (χ4v) is 3.65. The highest BCUT2D eigenvalue weighted by molar-refractivity contribution is 5.95. The van der Waals surface area contributed by atoms with Crippen LogP contribution in [-0.4, -0.2) is 54.0 Å². The van der Waals surface area contributed by atoms with Crippen LogP contribution in [0.2, 0.25) is 0 Å². The summed E-state index contributed by atoms with van der Waals surface area (Å²) in [6.45, 7) is 7.47. The zero-order valence-corrected chi connectivity index (χ0v) is 15.5. The molecule has 1 saturated heterocycles. The van der Waals surface area contributed by atoms with E-state index in [9.17, 15) is 0 Å². The largest absolute Gasteiger partial charge is 0.411 e. The molecule has 0 saturated carbocycles. The maximum absolute atomic E-state index is 8.69. The van der Waals surface area contributed by atoms with Gasteiger partial charge in [-0.2, -0.15) is 0 Å². The van der Waals surface area contributed by atoms with Gasteiger partial charge in [0.05, 0.1) is 11.9 Å². The van der Waals surface area contributed by atoms with E-state index < -0.39 is 0 Å². The predicted molar refractivity (Wildman–Crippen MR) is 111 cm³/mol. The van der Waals surface area contributed by atoms with Crippen molar-refractivity contribution < 1.29 is 5.21 Å². The van der Waals surface area contributed by atoms with Crippen LogP contribution in [0.4, 0.5) is 5.82 Å². The summed E-state index contributed by atoms with van der Waals surface area (Å²) in [7, 11) is 0. The minimum Gasteiger partial charge on any atom is -0.411 e. The summed E-state index contributed by atoms with van der Waals surface area (Å²) in [5.41, 5.74) is 2.89. The Balaban J connectivity index is 1.74. The summed E-state index contributed by atoms with van der Waals surface area (Å²) < 4.78 is 0. The summed E-state index contributed by atoms with van der Waals surface area (Å²) in [5.74, 6) is 1.07. The molecular formula is C22H24N4O. The van der Waals surface area contributed by atoms with E-state index >= 15 is 0 Å². The van der Waals surface area contributed by atoms with Crippen LogP contribution in [0.15, 0.2) is 59.8 Å². The Morgan fingerprint density at radius 3 is 2.48 bits per heavy atom. The Bertz CT molecular complexity index is 944. The van der Waals surface area contributed by atoms with Crippen LogP contribution < -0.4 is 4.90 Å². The normalized spacial score (nSPS) is 15.7. The first-order valence-corrected chi connectivity index (χ1v) is 9.43. The first-order valence-electron chi connectivity index (χ1n) is 9.43. The molecule has 0 radical (unpaired) electrons. The molecule has 1 aliphatic rings. The van der Waals surface area contributed by atoms with Crippen molar-refractivity contribution in [3.05, 3.63) is 60.2 Å². The van der Waals surface area contributed by atoms with Gasteiger partial charge in [0, 0.05) is 37.1 Å². The van der Waals surface area contributed by atoms with E-state index in [4.69, 9.17) is 10.2 Å². The van der Waals surface area contributed by atoms with Gasteiger partial charge in [0.2, 0.25) is 0 Å². The second-order valence-corrected chi connectivity index (χ2v) is 6.84. The van der Waals surface area contributed by atoms with Gasteiger partial charge in [0.1, 0.15) is 5.82 Å². The topological polar surface area (TPSA) is 52.0 Å². The minimum absolute atomic E-state index is 0.859. The third-order valence-electron chi connectivity index (χ3n) is 5.25. The van der Waals surface area contributed by atoms with E-state index in [1.165, 1.54) is 17.0 Å². The van der Waals surface area contributed by atoms with Crippen molar-refractivity contribution >= 4 is 22.8 Å². The molecule has 0 spiro atoms. The van der Waals surface area contributed by atoms with Crippen molar-refractivity contribution in [3.63, 3.8) is 0 Å². The number of hydrogen-bond acceptors (Lipinski definition) is 5. The molecular weight excluding hydrogens is 336 g/mol. The van der Waals surface area contributed by atoms with E-state index in [1.807, 2.05) is 24.3 Å². The van der Waals surface area contributed by atoms with Gasteiger partial charge in [-0.3, -0.25) is 0 Å². The van der Waals surface area contributed by atoms with Crippen molar-refractivity contribution in [2.75, 3.05) is 37.6 Å². The van der Waals surface area contributed by atoms with E-state index in [0.717, 1.165) is 55.4 Å². The molecule has 2 aromatic carbocycles. The minimum atomic E-state index is 0.859. The lowest BCUT2D eigenvalue weighted by molar-refractivity contribution is 0.271. The van der Waals surface area contributed by atoms with Gasteiger partial charge in [0.25, 0.3) is 0 Å². The average Bonchev–Trinajstić information content (AvgIpc) is 2.74. The van der Waals surface area contributed by atoms with Crippen molar-refractivity contribution in [2.24, 2.45) is 5.16 Å². The Labute approximate surface area is 159 Å². The van der Waals surface area contributed by atoms with E-state index in [2.05, 4.69) is 52.2 Å². The molecule has 1 fully saturated rings. The van der Waals surface area contributed by atoms with Gasteiger partial charge in [0.15, 0.2) is 0 Å². The number of piperazine rings is 1. The van der Waals surface area contributed by atoms with Crippen LogP contribution in [0.1, 0.15) is 12.5 Å². The molecule has 4 rings (SSSR count). The summed E-state index contributed by atoms with van der Waals surface area (Å²) in [6.07, 6.45) is 1.43. The smallest absolute Gasteiger partial charge is 0.137 e. The Morgan fingerprint density at radius 1 is 1.04 bits per heavy atom. The number of likely N-dealkylation sites (N-methyl/N-ethyl adjacent to an activating group) is 1. The average molecular weight is 360 g/mol. The molecule has 0 amide bonds. The molecule has 1 N–H and O–H groups in total. The Morgan fingerprint density at radius 2 is 1.78 bits per heavy atom. The summed E-state index contributed by atoms with van der Waals surface area (Å²) in [5, 5.41) is 14.2. The molecule has 1 aliphatic heterocycles. The second kappa shape index (κ2) is 7.76. The Hall–Kier alpha value is -2.92. The molecule has 0 atom stereocenters. The molecule has 27 heavy (non-hydrogen) atoms. The van der Waals surface area contributed by atoms with Crippen LogP contribution >= 0.6 is 0 Å². The predicted octanol–water partition coefficient (Wildman–Crippen LogP) is 3.85. The fraction of sp³-hybridized carbons (Fsp3) is 0.273. The monoisotopic (exact) mass is 360 g/mol. The number of fused-ring (bicyclic) bond motifs is 1. The van der Waals surface area contributed by atoms with Crippen LogP contribution in [0, 0.1) is 0 Å². The van der Waals surface area contributed by atoms with E-state index in [1.54, 1.807) is 0 Å². The maximum Gasteiger partial charge on any atom is 0.137 e. The quantitative estimate of drug-likeness (QED) is 0.436. The molecule has 3 aromatic rings. The summed E-state index contributed by atoms with van der Waals surface area (Å²) in [4.78, 5) is 9.93. The van der Waals surface area contributed by atoms with Crippen molar-refractivity contribution in [1.29, 1.82) is 0 Å².